The fourth-order valence-corrected chi connectivity index (χ4v) is 3.97. The molecule has 0 aromatic heterocycles. The zero-order chi connectivity index (χ0) is 21.9. The third-order valence-corrected chi connectivity index (χ3v) is 5.72. The van der Waals surface area contributed by atoms with Crippen LogP contribution in [0.4, 0.5) is 0 Å². The standard InChI is InChI=1S/C25H36N4O2.HI/c1-20-16-23(12-13-29(20)19-21-8-5-4-6-9-21)28-25(26-2)27-18-22-10-7-11-24(17-22)31-15-14-30-3;/h4-11,17,20,23H,12-16,18-19H2,1-3H3,(H2,26,27,28);1H. The highest BCUT2D eigenvalue weighted by molar-refractivity contribution is 14.0. The van der Waals surface area contributed by atoms with E-state index < -0.39 is 0 Å². The molecule has 0 aliphatic carbocycles. The summed E-state index contributed by atoms with van der Waals surface area (Å²) in [5.41, 5.74) is 2.54. The van der Waals surface area contributed by atoms with Crippen LogP contribution in [0.25, 0.3) is 0 Å². The van der Waals surface area contributed by atoms with Crippen molar-refractivity contribution in [2.24, 2.45) is 4.99 Å². The van der Waals surface area contributed by atoms with E-state index in [1.54, 1.807) is 7.11 Å². The third-order valence-electron chi connectivity index (χ3n) is 5.72. The molecule has 7 heteroatoms. The quantitative estimate of drug-likeness (QED) is 0.213. The molecule has 1 fully saturated rings. The normalized spacial score (nSPS) is 19.2. The molecule has 0 radical (unpaired) electrons. The fraction of sp³-hybridized carbons (Fsp3) is 0.480. The van der Waals surface area contributed by atoms with E-state index >= 15 is 0 Å². The maximum absolute atomic E-state index is 5.70. The number of hydrogen-bond donors (Lipinski definition) is 2. The molecule has 1 heterocycles. The number of rotatable bonds is 9. The van der Waals surface area contributed by atoms with Gasteiger partial charge in [0.15, 0.2) is 5.96 Å². The van der Waals surface area contributed by atoms with Gasteiger partial charge in [0.05, 0.1) is 6.61 Å². The van der Waals surface area contributed by atoms with E-state index in [0.717, 1.165) is 43.2 Å². The Kier molecular flexibility index (Phi) is 11.8. The second kappa shape index (κ2) is 14.3. The molecule has 32 heavy (non-hydrogen) atoms. The summed E-state index contributed by atoms with van der Waals surface area (Å²) in [4.78, 5) is 6.99. The Morgan fingerprint density at radius 2 is 1.88 bits per heavy atom. The molecule has 2 aromatic rings. The zero-order valence-electron chi connectivity index (χ0n) is 19.4. The van der Waals surface area contributed by atoms with E-state index in [1.165, 1.54) is 5.56 Å². The van der Waals surface area contributed by atoms with Gasteiger partial charge in [-0.25, -0.2) is 0 Å². The number of hydrogen-bond acceptors (Lipinski definition) is 4. The number of aliphatic imine (C=N–C) groups is 1. The van der Waals surface area contributed by atoms with E-state index in [0.29, 0.717) is 31.8 Å². The summed E-state index contributed by atoms with van der Waals surface area (Å²) in [5, 5.41) is 7.05. The van der Waals surface area contributed by atoms with Crippen molar-refractivity contribution < 1.29 is 9.47 Å². The number of likely N-dealkylation sites (tertiary alicyclic amines) is 1. The average molecular weight is 553 g/mol. The van der Waals surface area contributed by atoms with Gasteiger partial charge in [-0.05, 0) is 43.0 Å². The SMILES string of the molecule is CN=C(NCc1cccc(OCCOC)c1)NC1CCN(Cc2ccccc2)C(C)C1.I. The van der Waals surface area contributed by atoms with Crippen molar-refractivity contribution in [3.05, 3.63) is 65.7 Å². The number of nitrogens with one attached hydrogen (secondary N) is 2. The molecule has 6 nitrogen and oxygen atoms in total. The second-order valence-electron chi connectivity index (χ2n) is 8.09. The largest absolute Gasteiger partial charge is 0.491 e. The molecule has 0 bridgehead atoms. The Balaban J connectivity index is 0.00000363. The molecule has 2 N–H and O–H groups in total. The van der Waals surface area contributed by atoms with Crippen LogP contribution >= 0.6 is 24.0 Å². The van der Waals surface area contributed by atoms with E-state index in [9.17, 15) is 0 Å². The first-order valence-electron chi connectivity index (χ1n) is 11.1. The van der Waals surface area contributed by atoms with Gasteiger partial charge in [0.2, 0.25) is 0 Å². The molecule has 0 amide bonds. The van der Waals surface area contributed by atoms with Gasteiger partial charge in [-0.1, -0.05) is 42.5 Å². The summed E-state index contributed by atoms with van der Waals surface area (Å²) in [6.45, 7) is 6.26. The lowest BCUT2D eigenvalue weighted by molar-refractivity contribution is 0.134. The Morgan fingerprint density at radius 1 is 1.09 bits per heavy atom. The molecule has 2 aromatic carbocycles. The predicted molar refractivity (Wildman–Crippen MR) is 142 cm³/mol. The highest BCUT2D eigenvalue weighted by atomic mass is 127. The smallest absolute Gasteiger partial charge is 0.191 e. The van der Waals surface area contributed by atoms with Crippen molar-refractivity contribution in [3.63, 3.8) is 0 Å². The molecule has 2 atom stereocenters. The van der Waals surface area contributed by atoms with Crippen LogP contribution in [0, 0.1) is 0 Å². The third kappa shape index (κ3) is 8.60. The molecular formula is C25H37IN4O2. The first kappa shape index (κ1) is 26.4. The minimum atomic E-state index is 0. The van der Waals surface area contributed by atoms with Crippen molar-refractivity contribution in [2.75, 3.05) is 33.9 Å². The van der Waals surface area contributed by atoms with Crippen LogP contribution in [0.15, 0.2) is 59.6 Å². The second-order valence-corrected chi connectivity index (χ2v) is 8.09. The van der Waals surface area contributed by atoms with Gasteiger partial charge in [-0.2, -0.15) is 0 Å². The summed E-state index contributed by atoms with van der Waals surface area (Å²) >= 11 is 0. The van der Waals surface area contributed by atoms with Crippen LogP contribution < -0.4 is 15.4 Å². The van der Waals surface area contributed by atoms with Crippen molar-refractivity contribution in [1.29, 1.82) is 0 Å². The molecule has 176 valence electrons. The highest BCUT2D eigenvalue weighted by Crippen LogP contribution is 2.20. The van der Waals surface area contributed by atoms with Crippen LogP contribution in [0.3, 0.4) is 0 Å². The summed E-state index contributed by atoms with van der Waals surface area (Å²) in [6.07, 6.45) is 2.22. The molecule has 2 unspecified atom stereocenters. The first-order chi connectivity index (χ1) is 15.2. The molecule has 1 saturated heterocycles. The van der Waals surface area contributed by atoms with Gasteiger partial charge >= 0.3 is 0 Å². The summed E-state index contributed by atoms with van der Waals surface area (Å²) in [7, 11) is 3.50. The van der Waals surface area contributed by atoms with Crippen LogP contribution in [0.1, 0.15) is 30.9 Å². The van der Waals surface area contributed by atoms with Gasteiger partial charge in [0.1, 0.15) is 12.4 Å². The lowest BCUT2D eigenvalue weighted by Crippen LogP contribution is -2.51. The van der Waals surface area contributed by atoms with Crippen molar-refractivity contribution in [3.8, 4) is 5.75 Å². The lowest BCUT2D eigenvalue weighted by atomic mass is 9.97. The molecule has 3 rings (SSSR count). The minimum Gasteiger partial charge on any atom is -0.491 e. The predicted octanol–water partition coefficient (Wildman–Crippen LogP) is 4.05. The van der Waals surface area contributed by atoms with Crippen LogP contribution in [-0.2, 0) is 17.8 Å². The topological polar surface area (TPSA) is 58.1 Å². The first-order valence-corrected chi connectivity index (χ1v) is 11.1. The number of guanidine groups is 1. The summed E-state index contributed by atoms with van der Waals surface area (Å²) in [6, 6.07) is 19.8. The van der Waals surface area contributed by atoms with Crippen molar-refractivity contribution in [2.45, 2.75) is 44.9 Å². The number of ether oxygens (including phenoxy) is 2. The molecule has 1 aliphatic heterocycles. The van der Waals surface area contributed by atoms with Gasteiger partial charge < -0.3 is 20.1 Å². The van der Waals surface area contributed by atoms with Crippen molar-refractivity contribution in [1.82, 2.24) is 15.5 Å². The van der Waals surface area contributed by atoms with Gasteiger partial charge in [-0.15, -0.1) is 24.0 Å². The molecule has 0 saturated carbocycles. The molecule has 1 aliphatic rings. The Morgan fingerprint density at radius 3 is 2.59 bits per heavy atom. The number of piperidine rings is 1. The maximum atomic E-state index is 5.70. The fourth-order valence-electron chi connectivity index (χ4n) is 3.97. The summed E-state index contributed by atoms with van der Waals surface area (Å²) < 4.78 is 10.7. The van der Waals surface area contributed by atoms with Crippen LogP contribution in [0.5, 0.6) is 5.75 Å². The van der Waals surface area contributed by atoms with Gasteiger partial charge in [0.25, 0.3) is 0 Å². The highest BCUT2D eigenvalue weighted by Gasteiger charge is 2.25. The number of benzene rings is 2. The van der Waals surface area contributed by atoms with Gasteiger partial charge in [0, 0.05) is 45.9 Å². The minimum absolute atomic E-state index is 0. The molecular weight excluding hydrogens is 515 g/mol. The Labute approximate surface area is 209 Å². The van der Waals surface area contributed by atoms with Crippen LogP contribution in [0.2, 0.25) is 0 Å². The van der Waals surface area contributed by atoms with E-state index in [1.807, 2.05) is 19.2 Å². The van der Waals surface area contributed by atoms with E-state index in [4.69, 9.17) is 9.47 Å². The maximum Gasteiger partial charge on any atom is 0.191 e. The number of methoxy groups -OCH3 is 1. The monoisotopic (exact) mass is 552 g/mol. The Hall–Kier alpha value is -1.84. The molecule has 0 spiro atoms. The average Bonchev–Trinajstić information content (AvgIpc) is 2.79. The van der Waals surface area contributed by atoms with Crippen molar-refractivity contribution >= 4 is 29.9 Å². The van der Waals surface area contributed by atoms with Crippen LogP contribution in [-0.4, -0.2) is 56.9 Å². The van der Waals surface area contributed by atoms with E-state index in [-0.39, 0.29) is 24.0 Å². The zero-order valence-corrected chi connectivity index (χ0v) is 21.8. The lowest BCUT2D eigenvalue weighted by Gasteiger charge is -2.38. The summed E-state index contributed by atoms with van der Waals surface area (Å²) in [5.74, 6) is 1.71. The Bertz CT molecular complexity index is 819. The van der Waals surface area contributed by atoms with E-state index in [2.05, 4.69) is 69.9 Å². The number of halogens is 1. The number of nitrogens with zero attached hydrogens (tertiary/aromatic N) is 2. The van der Waals surface area contributed by atoms with Gasteiger partial charge in [-0.3, -0.25) is 9.89 Å².